The highest BCUT2D eigenvalue weighted by Gasteiger charge is 2.18. The van der Waals surface area contributed by atoms with Gasteiger partial charge in [-0.25, -0.2) is 9.97 Å². The molecule has 0 radical (unpaired) electrons. The molecular formula is C19H15ClN5O3P. The topological polar surface area (TPSA) is 106 Å². The first kappa shape index (κ1) is 19.1. The molecule has 2 heterocycles. The molecule has 29 heavy (non-hydrogen) atoms. The molecule has 8 nitrogen and oxygen atoms in total. The standard InChI is InChI=1S/C19H15ClN5O3P/c1-28-16-7-17(29)15(25(26)27)6-14(16)23-19-22-9-12(20)18(24-19)11-8-21-13-5-3-2-4-10(11)13/h2-9,21H,29H2,1H3,(H,22,23,24). The molecule has 1 unspecified atom stereocenters. The third-order valence-electron chi connectivity index (χ3n) is 4.38. The Morgan fingerprint density at radius 3 is 2.86 bits per heavy atom. The summed E-state index contributed by atoms with van der Waals surface area (Å²) < 4.78 is 5.33. The number of nitro groups is 1. The molecule has 0 aliphatic heterocycles. The van der Waals surface area contributed by atoms with Gasteiger partial charge in [-0.3, -0.25) is 10.1 Å². The highest BCUT2D eigenvalue weighted by Crippen LogP contribution is 2.34. The number of nitro benzene ring substituents is 1. The second-order valence-electron chi connectivity index (χ2n) is 6.13. The molecule has 146 valence electrons. The van der Waals surface area contributed by atoms with E-state index >= 15 is 0 Å². The maximum atomic E-state index is 11.3. The molecule has 0 aliphatic rings. The summed E-state index contributed by atoms with van der Waals surface area (Å²) in [7, 11) is 3.81. The summed E-state index contributed by atoms with van der Waals surface area (Å²) in [6.45, 7) is 0. The largest absolute Gasteiger partial charge is 0.495 e. The molecule has 1 atom stereocenters. The minimum absolute atomic E-state index is 0.0656. The predicted octanol–water partition coefficient (Wildman–Crippen LogP) is 4.44. The average molecular weight is 428 g/mol. The summed E-state index contributed by atoms with van der Waals surface area (Å²) in [5, 5.41) is 16.0. The fourth-order valence-corrected chi connectivity index (χ4v) is 3.55. The molecule has 2 aromatic heterocycles. The number of hydrogen-bond donors (Lipinski definition) is 2. The van der Waals surface area contributed by atoms with Crippen molar-refractivity contribution in [3.8, 4) is 17.0 Å². The van der Waals surface area contributed by atoms with E-state index in [4.69, 9.17) is 16.3 Å². The van der Waals surface area contributed by atoms with Gasteiger partial charge >= 0.3 is 0 Å². The van der Waals surface area contributed by atoms with Gasteiger partial charge in [-0.05, 0) is 12.1 Å². The van der Waals surface area contributed by atoms with E-state index in [0.717, 1.165) is 16.5 Å². The smallest absolute Gasteiger partial charge is 0.278 e. The zero-order chi connectivity index (χ0) is 20.5. The number of ether oxygens (including phenoxy) is 1. The van der Waals surface area contributed by atoms with Crippen LogP contribution in [0.1, 0.15) is 0 Å². The second-order valence-corrected chi connectivity index (χ2v) is 7.16. The van der Waals surface area contributed by atoms with Crippen molar-refractivity contribution >= 4 is 54.4 Å². The van der Waals surface area contributed by atoms with Gasteiger partial charge in [0.25, 0.3) is 5.69 Å². The van der Waals surface area contributed by atoms with E-state index in [-0.39, 0.29) is 11.6 Å². The molecule has 0 fully saturated rings. The normalized spacial score (nSPS) is 10.9. The van der Waals surface area contributed by atoms with Crippen LogP contribution in [0.2, 0.25) is 5.02 Å². The van der Waals surface area contributed by atoms with Crippen molar-refractivity contribution in [1.29, 1.82) is 0 Å². The van der Waals surface area contributed by atoms with E-state index in [1.165, 1.54) is 19.4 Å². The Balaban J connectivity index is 1.77. The van der Waals surface area contributed by atoms with Crippen LogP contribution in [0.3, 0.4) is 0 Å². The van der Waals surface area contributed by atoms with Gasteiger partial charge in [0.2, 0.25) is 5.95 Å². The van der Waals surface area contributed by atoms with Gasteiger partial charge in [-0.15, -0.1) is 0 Å². The lowest BCUT2D eigenvalue weighted by Gasteiger charge is -2.12. The molecule has 0 saturated heterocycles. The van der Waals surface area contributed by atoms with Gasteiger partial charge in [0.05, 0.1) is 39.9 Å². The Morgan fingerprint density at radius 2 is 2.10 bits per heavy atom. The minimum Gasteiger partial charge on any atom is -0.495 e. The summed E-state index contributed by atoms with van der Waals surface area (Å²) in [6.07, 6.45) is 3.32. The van der Waals surface area contributed by atoms with Crippen molar-refractivity contribution in [2.45, 2.75) is 0 Å². The number of aromatic nitrogens is 3. The summed E-state index contributed by atoms with van der Waals surface area (Å²) in [4.78, 5) is 22.7. The number of nitrogens with one attached hydrogen (secondary N) is 2. The van der Waals surface area contributed by atoms with Crippen LogP contribution in [0, 0.1) is 10.1 Å². The lowest BCUT2D eigenvalue weighted by molar-refractivity contribution is -0.383. The van der Waals surface area contributed by atoms with Gasteiger partial charge in [0, 0.05) is 28.7 Å². The van der Waals surface area contributed by atoms with Crippen molar-refractivity contribution in [3.05, 3.63) is 63.9 Å². The first-order valence-electron chi connectivity index (χ1n) is 8.46. The molecule has 2 aromatic carbocycles. The molecule has 10 heteroatoms. The second kappa shape index (κ2) is 7.66. The number of halogens is 1. The molecule has 0 spiro atoms. The maximum absolute atomic E-state index is 11.3. The number of hydrogen-bond acceptors (Lipinski definition) is 6. The number of benzene rings is 2. The van der Waals surface area contributed by atoms with Crippen LogP contribution >= 0.6 is 20.8 Å². The van der Waals surface area contributed by atoms with Crippen LogP contribution in [0.15, 0.2) is 48.8 Å². The first-order valence-corrected chi connectivity index (χ1v) is 9.41. The Kier molecular flexibility index (Phi) is 5.05. The minimum atomic E-state index is -0.465. The van der Waals surface area contributed by atoms with Crippen molar-refractivity contribution in [3.63, 3.8) is 0 Å². The van der Waals surface area contributed by atoms with Gasteiger partial charge in [0.15, 0.2) is 0 Å². The molecule has 4 rings (SSSR count). The Labute approximate surface area is 172 Å². The van der Waals surface area contributed by atoms with E-state index in [0.29, 0.717) is 27.5 Å². The molecule has 2 N–H and O–H groups in total. The third-order valence-corrected chi connectivity index (χ3v) is 5.12. The van der Waals surface area contributed by atoms with Crippen molar-refractivity contribution in [1.82, 2.24) is 15.0 Å². The van der Waals surface area contributed by atoms with Gasteiger partial charge in [-0.2, -0.15) is 0 Å². The van der Waals surface area contributed by atoms with E-state index in [2.05, 4.69) is 29.5 Å². The first-order chi connectivity index (χ1) is 14.0. The van der Waals surface area contributed by atoms with Crippen LogP contribution in [0.4, 0.5) is 17.3 Å². The number of rotatable bonds is 5. The van der Waals surface area contributed by atoms with Gasteiger partial charge < -0.3 is 15.0 Å². The number of anilines is 2. The van der Waals surface area contributed by atoms with Crippen LogP contribution in [0.5, 0.6) is 5.75 Å². The monoisotopic (exact) mass is 427 g/mol. The predicted molar refractivity (Wildman–Crippen MR) is 117 cm³/mol. The summed E-state index contributed by atoms with van der Waals surface area (Å²) in [5.74, 6) is 0.659. The average Bonchev–Trinajstić information content (AvgIpc) is 3.14. The van der Waals surface area contributed by atoms with E-state index in [1.54, 1.807) is 6.07 Å². The third kappa shape index (κ3) is 3.60. The summed E-state index contributed by atoms with van der Waals surface area (Å²) in [5.41, 5.74) is 2.63. The number of H-pyrrole nitrogens is 1. The highest BCUT2D eigenvalue weighted by molar-refractivity contribution is 7.28. The molecule has 4 aromatic rings. The van der Waals surface area contributed by atoms with Gasteiger partial charge in [-0.1, -0.05) is 39.0 Å². The Bertz CT molecular complexity index is 1240. The lowest BCUT2D eigenvalue weighted by atomic mass is 10.1. The van der Waals surface area contributed by atoms with E-state index in [9.17, 15) is 10.1 Å². The zero-order valence-corrected chi connectivity index (χ0v) is 17.1. The number of fused-ring (bicyclic) bond motifs is 1. The highest BCUT2D eigenvalue weighted by atomic mass is 35.5. The molecular weight excluding hydrogens is 413 g/mol. The van der Waals surface area contributed by atoms with Crippen LogP contribution in [0.25, 0.3) is 22.2 Å². The molecule has 0 aliphatic carbocycles. The maximum Gasteiger partial charge on any atom is 0.278 e. The quantitative estimate of drug-likeness (QED) is 0.277. The fourth-order valence-electron chi connectivity index (χ4n) is 3.01. The molecule has 0 bridgehead atoms. The zero-order valence-electron chi connectivity index (χ0n) is 15.1. The van der Waals surface area contributed by atoms with Crippen LogP contribution in [-0.4, -0.2) is 27.0 Å². The van der Waals surface area contributed by atoms with Crippen molar-refractivity contribution < 1.29 is 9.66 Å². The number of aromatic amines is 1. The fraction of sp³-hybridized carbons (Fsp3) is 0.0526. The lowest BCUT2D eigenvalue weighted by Crippen LogP contribution is -2.06. The van der Waals surface area contributed by atoms with Crippen molar-refractivity contribution in [2.24, 2.45) is 0 Å². The molecule has 0 saturated carbocycles. The Hall–Kier alpha value is -3.22. The number of para-hydroxylation sites is 1. The van der Waals surface area contributed by atoms with E-state index < -0.39 is 4.92 Å². The van der Waals surface area contributed by atoms with Gasteiger partial charge in [0.1, 0.15) is 5.75 Å². The van der Waals surface area contributed by atoms with Crippen molar-refractivity contribution in [2.75, 3.05) is 12.4 Å². The van der Waals surface area contributed by atoms with E-state index in [1.807, 2.05) is 30.5 Å². The summed E-state index contributed by atoms with van der Waals surface area (Å²) >= 11 is 6.35. The van der Waals surface area contributed by atoms with Crippen LogP contribution in [-0.2, 0) is 0 Å². The Morgan fingerprint density at radius 1 is 1.31 bits per heavy atom. The summed E-state index contributed by atoms with van der Waals surface area (Å²) in [6, 6.07) is 10.7. The molecule has 0 amide bonds. The SMILES string of the molecule is COc1cc(P)c([N+](=O)[O-])cc1Nc1ncc(Cl)c(-c2c[nH]c3ccccc23)n1. The number of nitrogens with zero attached hydrogens (tertiary/aromatic N) is 3. The van der Waals surface area contributed by atoms with Crippen LogP contribution < -0.4 is 15.4 Å². The number of methoxy groups -OCH3 is 1.